The zero-order chi connectivity index (χ0) is 6.78. The average molecular weight is 117 g/mol. The van der Waals surface area contributed by atoms with E-state index in [9.17, 15) is 0 Å². The molecule has 1 unspecified atom stereocenters. The summed E-state index contributed by atoms with van der Waals surface area (Å²) < 4.78 is 0. The molecule has 0 aromatic heterocycles. The number of hydrogen-bond acceptors (Lipinski definition) is 2. The molecule has 0 aliphatic carbocycles. The molecule has 0 fully saturated rings. The van der Waals surface area contributed by atoms with Crippen LogP contribution in [0.2, 0.25) is 0 Å². The summed E-state index contributed by atoms with van der Waals surface area (Å²) in [6.07, 6.45) is 0. The fourth-order valence-corrected chi connectivity index (χ4v) is 0.194. The second-order valence-electron chi connectivity index (χ2n) is 3.22. The third-order valence-corrected chi connectivity index (χ3v) is 1.49. The van der Waals surface area contributed by atoms with Crippen molar-refractivity contribution >= 4 is 0 Å². The molecule has 0 aromatic rings. The standard InChI is InChI=1S/C6H15NO/c1-5(7-8)6(2,3)4/h5,7-8H,1-4H3. The highest BCUT2D eigenvalue weighted by molar-refractivity contribution is 4.71. The van der Waals surface area contributed by atoms with Crippen LogP contribution >= 0.6 is 0 Å². The van der Waals surface area contributed by atoms with Crippen molar-refractivity contribution in [1.82, 2.24) is 5.48 Å². The van der Waals surface area contributed by atoms with Gasteiger partial charge in [0.15, 0.2) is 0 Å². The summed E-state index contributed by atoms with van der Waals surface area (Å²) in [6, 6.07) is 0.155. The topological polar surface area (TPSA) is 32.3 Å². The van der Waals surface area contributed by atoms with Gasteiger partial charge in [-0.15, -0.1) is 0 Å². The van der Waals surface area contributed by atoms with Gasteiger partial charge >= 0.3 is 0 Å². The van der Waals surface area contributed by atoms with E-state index in [1.807, 2.05) is 6.92 Å². The van der Waals surface area contributed by atoms with Crippen LogP contribution in [-0.4, -0.2) is 11.2 Å². The van der Waals surface area contributed by atoms with Crippen LogP contribution < -0.4 is 5.48 Å². The van der Waals surface area contributed by atoms with E-state index in [1.165, 1.54) is 0 Å². The average Bonchev–Trinajstić information content (AvgIpc) is 1.62. The number of rotatable bonds is 1. The third-order valence-electron chi connectivity index (χ3n) is 1.49. The van der Waals surface area contributed by atoms with Gasteiger partial charge in [-0.3, -0.25) is 0 Å². The second kappa shape index (κ2) is 2.46. The van der Waals surface area contributed by atoms with Crippen LogP contribution in [0.4, 0.5) is 0 Å². The molecule has 0 radical (unpaired) electrons. The molecule has 1 atom stereocenters. The van der Waals surface area contributed by atoms with Crippen molar-refractivity contribution < 1.29 is 5.21 Å². The van der Waals surface area contributed by atoms with E-state index in [0.717, 1.165) is 0 Å². The van der Waals surface area contributed by atoms with Gasteiger partial charge < -0.3 is 5.21 Å². The van der Waals surface area contributed by atoms with Crippen molar-refractivity contribution in [3.8, 4) is 0 Å². The van der Waals surface area contributed by atoms with Crippen LogP contribution in [0.5, 0.6) is 0 Å². The van der Waals surface area contributed by atoms with Gasteiger partial charge in [0.25, 0.3) is 0 Å². The Labute approximate surface area is 50.9 Å². The van der Waals surface area contributed by atoms with Gasteiger partial charge in [0.05, 0.1) is 0 Å². The second-order valence-corrected chi connectivity index (χ2v) is 3.22. The van der Waals surface area contributed by atoms with Gasteiger partial charge in [-0.1, -0.05) is 20.8 Å². The molecule has 2 heteroatoms. The van der Waals surface area contributed by atoms with Crippen LogP contribution in [0.15, 0.2) is 0 Å². The lowest BCUT2D eigenvalue weighted by Crippen LogP contribution is -2.35. The minimum atomic E-state index is 0.148. The highest BCUT2D eigenvalue weighted by Gasteiger charge is 2.18. The first-order valence-electron chi connectivity index (χ1n) is 2.88. The molecular formula is C6H15NO. The fourth-order valence-electron chi connectivity index (χ4n) is 0.194. The molecule has 0 rings (SSSR count). The van der Waals surface area contributed by atoms with Gasteiger partial charge in [-0.2, -0.15) is 0 Å². The highest BCUT2D eigenvalue weighted by atomic mass is 16.5. The lowest BCUT2D eigenvalue weighted by atomic mass is 9.89. The van der Waals surface area contributed by atoms with Crippen LogP contribution in [0.1, 0.15) is 27.7 Å². The summed E-state index contributed by atoms with van der Waals surface area (Å²) in [4.78, 5) is 0. The van der Waals surface area contributed by atoms with Gasteiger partial charge in [0.2, 0.25) is 0 Å². The van der Waals surface area contributed by atoms with E-state index >= 15 is 0 Å². The van der Waals surface area contributed by atoms with E-state index in [-0.39, 0.29) is 11.5 Å². The Balaban J connectivity index is 3.62. The van der Waals surface area contributed by atoms with Crippen molar-refractivity contribution in [2.75, 3.05) is 0 Å². The molecule has 50 valence electrons. The van der Waals surface area contributed by atoms with E-state index in [4.69, 9.17) is 5.21 Å². The summed E-state index contributed by atoms with van der Waals surface area (Å²) in [7, 11) is 0. The predicted molar refractivity (Wildman–Crippen MR) is 33.8 cm³/mol. The molecule has 2 N–H and O–H groups in total. The summed E-state index contributed by atoms with van der Waals surface area (Å²) in [6.45, 7) is 8.16. The predicted octanol–water partition coefficient (Wildman–Crippen LogP) is 1.40. The molecule has 0 aliphatic rings. The van der Waals surface area contributed by atoms with E-state index < -0.39 is 0 Å². The zero-order valence-corrected chi connectivity index (χ0v) is 6.02. The van der Waals surface area contributed by atoms with Crippen molar-refractivity contribution in [2.24, 2.45) is 5.41 Å². The molecule has 0 saturated heterocycles. The van der Waals surface area contributed by atoms with Gasteiger partial charge in [-0.05, 0) is 12.3 Å². The Morgan fingerprint density at radius 1 is 1.38 bits per heavy atom. The smallest absolute Gasteiger partial charge is 0.0339 e. The van der Waals surface area contributed by atoms with Gasteiger partial charge in [0.1, 0.15) is 0 Å². The normalized spacial score (nSPS) is 16.1. The molecular weight excluding hydrogens is 102 g/mol. The lowest BCUT2D eigenvalue weighted by molar-refractivity contribution is 0.0816. The van der Waals surface area contributed by atoms with E-state index in [0.29, 0.717) is 0 Å². The molecule has 0 spiro atoms. The van der Waals surface area contributed by atoms with Gasteiger partial charge in [-0.25, -0.2) is 5.48 Å². The lowest BCUT2D eigenvalue weighted by Gasteiger charge is -2.25. The fraction of sp³-hybridized carbons (Fsp3) is 1.00. The van der Waals surface area contributed by atoms with Gasteiger partial charge in [0, 0.05) is 6.04 Å². The maximum Gasteiger partial charge on any atom is 0.0339 e. The molecule has 0 heterocycles. The van der Waals surface area contributed by atoms with Crippen molar-refractivity contribution in [2.45, 2.75) is 33.7 Å². The third kappa shape index (κ3) is 2.28. The van der Waals surface area contributed by atoms with Crippen LogP contribution in [0.25, 0.3) is 0 Å². The van der Waals surface area contributed by atoms with Crippen LogP contribution in [-0.2, 0) is 0 Å². The number of hydroxylamine groups is 1. The summed E-state index contributed by atoms with van der Waals surface area (Å²) in [5.41, 5.74) is 2.35. The first-order chi connectivity index (χ1) is 3.48. The van der Waals surface area contributed by atoms with Crippen LogP contribution in [0.3, 0.4) is 0 Å². The minimum absolute atomic E-state index is 0.148. The summed E-state index contributed by atoms with van der Waals surface area (Å²) in [5.74, 6) is 0. The molecule has 0 aromatic carbocycles. The van der Waals surface area contributed by atoms with Crippen molar-refractivity contribution in [1.29, 1.82) is 0 Å². The first kappa shape index (κ1) is 7.92. The highest BCUT2D eigenvalue weighted by Crippen LogP contribution is 2.17. The summed E-state index contributed by atoms with van der Waals surface area (Å²) >= 11 is 0. The Bertz CT molecular complexity index is 65.4. The quantitative estimate of drug-likeness (QED) is 0.509. The molecule has 0 amide bonds. The monoisotopic (exact) mass is 117 g/mol. The number of nitrogens with one attached hydrogen (secondary N) is 1. The molecule has 0 saturated carbocycles. The molecule has 8 heavy (non-hydrogen) atoms. The first-order valence-corrected chi connectivity index (χ1v) is 2.88. The SMILES string of the molecule is CC(NO)C(C)(C)C. The molecule has 0 aliphatic heterocycles. The largest absolute Gasteiger partial charge is 0.317 e. The minimum Gasteiger partial charge on any atom is -0.317 e. The van der Waals surface area contributed by atoms with E-state index in [1.54, 1.807) is 0 Å². The summed E-state index contributed by atoms with van der Waals surface area (Å²) in [5, 5.41) is 8.42. The Kier molecular flexibility index (Phi) is 2.44. The van der Waals surface area contributed by atoms with E-state index in [2.05, 4.69) is 26.3 Å². The Morgan fingerprint density at radius 3 is 1.75 bits per heavy atom. The Hall–Kier alpha value is -0.0800. The maximum absolute atomic E-state index is 8.42. The maximum atomic E-state index is 8.42. The van der Waals surface area contributed by atoms with Crippen LogP contribution in [0, 0.1) is 5.41 Å². The molecule has 2 nitrogen and oxygen atoms in total. The Morgan fingerprint density at radius 2 is 1.75 bits per heavy atom. The van der Waals surface area contributed by atoms with Crippen molar-refractivity contribution in [3.63, 3.8) is 0 Å². The molecule has 0 bridgehead atoms. The van der Waals surface area contributed by atoms with Crippen molar-refractivity contribution in [3.05, 3.63) is 0 Å². The number of hydrogen-bond donors (Lipinski definition) is 2. The zero-order valence-electron chi connectivity index (χ0n) is 6.02.